The van der Waals surface area contributed by atoms with Crippen molar-refractivity contribution in [3.63, 3.8) is 0 Å². The number of allylic oxidation sites excluding steroid dienone is 2. The molecule has 24 heavy (non-hydrogen) atoms. The SMILES string of the molecule is COc1ccc(C2CC(=O)NC3=C2C(=O)CC(C)(C)C3)cc1OC. The van der Waals surface area contributed by atoms with Gasteiger partial charge in [0.1, 0.15) is 0 Å². The van der Waals surface area contributed by atoms with Crippen LogP contribution in [0.1, 0.15) is 44.6 Å². The summed E-state index contributed by atoms with van der Waals surface area (Å²) in [6.07, 6.45) is 1.50. The molecule has 1 heterocycles. The second kappa shape index (κ2) is 5.96. The zero-order valence-electron chi connectivity index (χ0n) is 14.6. The highest BCUT2D eigenvalue weighted by atomic mass is 16.5. The normalized spacial score (nSPS) is 22.8. The number of Topliss-reactive ketones (excluding diaryl/α,β-unsaturated/α-hetero) is 1. The number of carbonyl (C=O) groups is 2. The smallest absolute Gasteiger partial charge is 0.225 e. The maximum Gasteiger partial charge on any atom is 0.225 e. The molecule has 128 valence electrons. The molecule has 1 atom stereocenters. The molecule has 1 N–H and O–H groups in total. The highest BCUT2D eigenvalue weighted by Crippen LogP contribution is 2.45. The summed E-state index contributed by atoms with van der Waals surface area (Å²) in [4.78, 5) is 24.9. The van der Waals surface area contributed by atoms with Gasteiger partial charge in [-0.1, -0.05) is 19.9 Å². The van der Waals surface area contributed by atoms with Gasteiger partial charge in [-0.3, -0.25) is 9.59 Å². The van der Waals surface area contributed by atoms with Crippen molar-refractivity contribution in [2.24, 2.45) is 5.41 Å². The lowest BCUT2D eigenvalue weighted by Gasteiger charge is -2.37. The molecule has 2 aliphatic rings. The first-order valence-corrected chi connectivity index (χ1v) is 8.12. The number of methoxy groups -OCH3 is 2. The summed E-state index contributed by atoms with van der Waals surface area (Å²) < 4.78 is 10.6. The van der Waals surface area contributed by atoms with Crippen LogP contribution in [0.3, 0.4) is 0 Å². The lowest BCUT2D eigenvalue weighted by atomic mass is 9.70. The Labute approximate surface area is 142 Å². The molecule has 0 radical (unpaired) electrons. The molecule has 0 saturated carbocycles. The van der Waals surface area contributed by atoms with E-state index in [1.807, 2.05) is 18.2 Å². The first kappa shape index (κ1) is 16.6. The second-order valence-electron chi connectivity index (χ2n) is 7.25. The molecule has 1 aliphatic heterocycles. The third-order valence-electron chi connectivity index (χ3n) is 4.76. The van der Waals surface area contributed by atoms with Gasteiger partial charge in [0.25, 0.3) is 0 Å². The zero-order valence-corrected chi connectivity index (χ0v) is 14.6. The number of hydrogen-bond acceptors (Lipinski definition) is 4. The van der Waals surface area contributed by atoms with Gasteiger partial charge in [-0.25, -0.2) is 0 Å². The van der Waals surface area contributed by atoms with Crippen molar-refractivity contribution in [3.05, 3.63) is 35.0 Å². The van der Waals surface area contributed by atoms with Crippen molar-refractivity contribution in [2.75, 3.05) is 14.2 Å². The van der Waals surface area contributed by atoms with Crippen LogP contribution in [0.4, 0.5) is 0 Å². The van der Waals surface area contributed by atoms with E-state index in [4.69, 9.17) is 9.47 Å². The van der Waals surface area contributed by atoms with E-state index in [1.165, 1.54) is 0 Å². The molecule has 1 unspecified atom stereocenters. The lowest BCUT2D eigenvalue weighted by Crippen LogP contribution is -2.40. The number of nitrogens with one attached hydrogen (secondary N) is 1. The highest BCUT2D eigenvalue weighted by molar-refractivity contribution is 6.02. The van der Waals surface area contributed by atoms with Crippen molar-refractivity contribution in [3.8, 4) is 11.5 Å². The van der Waals surface area contributed by atoms with Crippen molar-refractivity contribution in [2.45, 2.75) is 39.0 Å². The Kier molecular flexibility index (Phi) is 4.11. The van der Waals surface area contributed by atoms with Crippen LogP contribution < -0.4 is 14.8 Å². The van der Waals surface area contributed by atoms with Crippen molar-refractivity contribution < 1.29 is 19.1 Å². The number of rotatable bonds is 3. The molecule has 0 spiro atoms. The molecular weight excluding hydrogens is 306 g/mol. The quantitative estimate of drug-likeness (QED) is 0.926. The average Bonchev–Trinajstić information content (AvgIpc) is 2.51. The van der Waals surface area contributed by atoms with E-state index in [0.717, 1.165) is 16.8 Å². The second-order valence-corrected chi connectivity index (χ2v) is 7.25. The first-order valence-electron chi connectivity index (χ1n) is 8.12. The van der Waals surface area contributed by atoms with E-state index in [9.17, 15) is 9.59 Å². The summed E-state index contributed by atoms with van der Waals surface area (Å²) in [6.45, 7) is 4.11. The van der Waals surface area contributed by atoms with Gasteiger partial charge in [0.2, 0.25) is 5.91 Å². The Morgan fingerprint density at radius 1 is 1.08 bits per heavy atom. The lowest BCUT2D eigenvalue weighted by molar-refractivity contribution is -0.122. The maximum absolute atomic E-state index is 12.7. The van der Waals surface area contributed by atoms with Crippen LogP contribution in [0.25, 0.3) is 0 Å². The van der Waals surface area contributed by atoms with Gasteiger partial charge in [-0.05, 0) is 29.5 Å². The maximum atomic E-state index is 12.7. The summed E-state index contributed by atoms with van der Waals surface area (Å²) in [6, 6.07) is 5.58. The van der Waals surface area contributed by atoms with Crippen molar-refractivity contribution >= 4 is 11.7 Å². The van der Waals surface area contributed by atoms with Crippen molar-refractivity contribution in [1.29, 1.82) is 0 Å². The monoisotopic (exact) mass is 329 g/mol. The molecule has 0 aromatic heterocycles. The van der Waals surface area contributed by atoms with Gasteiger partial charge >= 0.3 is 0 Å². The molecule has 0 fully saturated rings. The Hall–Kier alpha value is -2.30. The molecule has 0 bridgehead atoms. The molecule has 5 nitrogen and oxygen atoms in total. The molecule has 1 aliphatic carbocycles. The number of hydrogen-bond donors (Lipinski definition) is 1. The van der Waals surface area contributed by atoms with E-state index in [-0.39, 0.29) is 29.4 Å². The van der Waals surface area contributed by atoms with Crippen LogP contribution in [-0.4, -0.2) is 25.9 Å². The van der Waals surface area contributed by atoms with Gasteiger partial charge in [0.15, 0.2) is 17.3 Å². The number of ketones is 1. The largest absolute Gasteiger partial charge is 0.493 e. The van der Waals surface area contributed by atoms with Gasteiger partial charge in [0.05, 0.1) is 14.2 Å². The molecule has 1 aromatic carbocycles. The van der Waals surface area contributed by atoms with Crippen LogP contribution in [0.15, 0.2) is 29.5 Å². The van der Waals surface area contributed by atoms with Crippen LogP contribution >= 0.6 is 0 Å². The molecule has 3 rings (SSSR count). The molecule has 1 amide bonds. The fourth-order valence-electron chi connectivity index (χ4n) is 3.71. The third-order valence-corrected chi connectivity index (χ3v) is 4.76. The minimum atomic E-state index is -0.225. The summed E-state index contributed by atoms with van der Waals surface area (Å²) in [5.41, 5.74) is 2.32. The minimum absolute atomic E-state index is 0.0426. The van der Waals surface area contributed by atoms with Crippen LogP contribution in [0.5, 0.6) is 11.5 Å². The topological polar surface area (TPSA) is 64.6 Å². The minimum Gasteiger partial charge on any atom is -0.493 e. The number of amides is 1. The standard InChI is InChI=1S/C19H23NO4/c1-19(2)9-13-18(14(21)10-19)12(8-17(22)20-13)11-5-6-15(23-3)16(7-11)24-4/h5-7,12H,8-10H2,1-4H3,(H,20,22). The number of benzene rings is 1. The van der Waals surface area contributed by atoms with Crippen LogP contribution in [0.2, 0.25) is 0 Å². The fourth-order valence-corrected chi connectivity index (χ4v) is 3.71. The van der Waals surface area contributed by atoms with Gasteiger partial charge in [-0.2, -0.15) is 0 Å². The fraction of sp³-hybridized carbons (Fsp3) is 0.474. The molecule has 0 saturated heterocycles. The summed E-state index contributed by atoms with van der Waals surface area (Å²) in [5.74, 6) is 1.09. The van der Waals surface area contributed by atoms with Gasteiger partial charge in [-0.15, -0.1) is 0 Å². The van der Waals surface area contributed by atoms with Gasteiger partial charge in [0, 0.05) is 30.0 Å². The summed E-state index contributed by atoms with van der Waals surface area (Å²) in [5, 5.41) is 2.92. The Morgan fingerprint density at radius 2 is 1.79 bits per heavy atom. The van der Waals surface area contributed by atoms with E-state index < -0.39 is 0 Å². The predicted molar refractivity (Wildman–Crippen MR) is 90.1 cm³/mol. The van der Waals surface area contributed by atoms with E-state index in [1.54, 1.807) is 14.2 Å². The van der Waals surface area contributed by atoms with E-state index in [0.29, 0.717) is 24.3 Å². The Morgan fingerprint density at radius 3 is 2.46 bits per heavy atom. The Balaban J connectivity index is 2.07. The zero-order chi connectivity index (χ0) is 17.5. The predicted octanol–water partition coefficient (Wildman–Crippen LogP) is 2.95. The van der Waals surface area contributed by atoms with E-state index >= 15 is 0 Å². The summed E-state index contributed by atoms with van der Waals surface area (Å²) >= 11 is 0. The first-order chi connectivity index (χ1) is 11.3. The highest BCUT2D eigenvalue weighted by Gasteiger charge is 2.40. The molecule has 5 heteroatoms. The molecular formula is C19H23NO4. The van der Waals surface area contributed by atoms with Gasteiger partial charge < -0.3 is 14.8 Å². The number of carbonyl (C=O) groups excluding carboxylic acids is 2. The van der Waals surface area contributed by atoms with E-state index in [2.05, 4.69) is 19.2 Å². The summed E-state index contributed by atoms with van der Waals surface area (Å²) in [7, 11) is 3.16. The average molecular weight is 329 g/mol. The van der Waals surface area contributed by atoms with Crippen LogP contribution in [-0.2, 0) is 9.59 Å². The van der Waals surface area contributed by atoms with Crippen LogP contribution in [0, 0.1) is 5.41 Å². The Bertz CT molecular complexity index is 733. The third kappa shape index (κ3) is 2.90. The number of ether oxygens (including phenoxy) is 2. The van der Waals surface area contributed by atoms with Crippen molar-refractivity contribution in [1.82, 2.24) is 5.32 Å². The molecule has 1 aromatic rings.